The molecule has 31 heavy (non-hydrogen) atoms. The van der Waals surface area contributed by atoms with E-state index in [4.69, 9.17) is 9.72 Å². The minimum Gasteiger partial charge on any atom is -0.383 e. The largest absolute Gasteiger partial charge is 0.383 e. The van der Waals surface area contributed by atoms with Gasteiger partial charge in [-0.3, -0.25) is 9.36 Å². The summed E-state index contributed by atoms with van der Waals surface area (Å²) in [4.78, 5) is 32.9. The van der Waals surface area contributed by atoms with Crippen LogP contribution in [0.3, 0.4) is 0 Å². The van der Waals surface area contributed by atoms with E-state index in [1.54, 1.807) is 22.6 Å². The van der Waals surface area contributed by atoms with Gasteiger partial charge in [0.1, 0.15) is 5.82 Å². The van der Waals surface area contributed by atoms with Crippen molar-refractivity contribution in [2.24, 2.45) is 0 Å². The van der Waals surface area contributed by atoms with Crippen LogP contribution in [0.25, 0.3) is 10.9 Å². The van der Waals surface area contributed by atoms with E-state index in [-0.39, 0.29) is 11.6 Å². The first-order valence-corrected chi connectivity index (χ1v) is 10.6. The number of ether oxygens (including phenoxy) is 1. The second kappa shape index (κ2) is 10.2. The number of nitrogens with one attached hydrogen (secondary N) is 1. The lowest BCUT2D eigenvalue weighted by Crippen LogP contribution is -2.41. The number of para-hydroxylation sites is 2. The minimum absolute atomic E-state index is 0.125. The Bertz CT molecular complexity index is 1110. The zero-order valence-corrected chi connectivity index (χ0v) is 18.6. The first kappa shape index (κ1) is 22.5. The second-order valence-corrected chi connectivity index (χ2v) is 7.55. The standard InChI is InChI=1S/C24H30N4O3/c1-5-14-27(24(30)26-20-12-8-6-10-17(20)2)18(3)22-25-21-13-9-7-11-19(21)23(29)28(22)15-16-31-4/h6-13,18H,5,14-16H2,1-4H3,(H,26,30). The fourth-order valence-electron chi connectivity index (χ4n) is 3.65. The van der Waals surface area contributed by atoms with Crippen LogP contribution in [0.2, 0.25) is 0 Å². The molecule has 0 spiro atoms. The van der Waals surface area contributed by atoms with Gasteiger partial charge >= 0.3 is 6.03 Å². The summed E-state index contributed by atoms with van der Waals surface area (Å²) >= 11 is 0. The molecule has 2 amide bonds. The third kappa shape index (κ3) is 4.94. The van der Waals surface area contributed by atoms with Gasteiger partial charge < -0.3 is 15.0 Å². The molecule has 0 aliphatic rings. The fourth-order valence-corrected chi connectivity index (χ4v) is 3.65. The summed E-state index contributed by atoms with van der Waals surface area (Å²) in [5.74, 6) is 0.550. The molecule has 0 radical (unpaired) electrons. The van der Waals surface area contributed by atoms with E-state index < -0.39 is 6.04 Å². The van der Waals surface area contributed by atoms with Crippen molar-refractivity contribution in [3.05, 3.63) is 70.3 Å². The molecular weight excluding hydrogens is 392 g/mol. The Morgan fingerprint density at radius 1 is 1.19 bits per heavy atom. The van der Waals surface area contributed by atoms with Crippen molar-refractivity contribution in [2.45, 2.75) is 39.8 Å². The van der Waals surface area contributed by atoms with Crippen molar-refractivity contribution < 1.29 is 9.53 Å². The molecule has 0 bridgehead atoms. The highest BCUT2D eigenvalue weighted by molar-refractivity contribution is 5.90. The number of hydrogen-bond acceptors (Lipinski definition) is 4. The number of rotatable bonds is 8. The number of aromatic nitrogens is 2. The van der Waals surface area contributed by atoms with E-state index in [1.807, 2.05) is 63.2 Å². The first-order chi connectivity index (χ1) is 15.0. The quantitative estimate of drug-likeness (QED) is 0.585. The highest BCUT2D eigenvalue weighted by Crippen LogP contribution is 2.22. The maximum absolute atomic E-state index is 13.2. The van der Waals surface area contributed by atoms with E-state index >= 15 is 0 Å². The normalized spacial score (nSPS) is 12.0. The molecule has 7 heteroatoms. The number of urea groups is 1. The molecule has 164 valence electrons. The van der Waals surface area contributed by atoms with Gasteiger partial charge in [-0.1, -0.05) is 37.3 Å². The number of methoxy groups -OCH3 is 1. The molecular formula is C24H30N4O3. The van der Waals surface area contributed by atoms with Crippen LogP contribution >= 0.6 is 0 Å². The number of amides is 2. The lowest BCUT2D eigenvalue weighted by molar-refractivity contribution is 0.174. The average molecular weight is 423 g/mol. The Morgan fingerprint density at radius 2 is 1.90 bits per heavy atom. The van der Waals surface area contributed by atoms with Gasteiger partial charge in [-0.2, -0.15) is 0 Å². The number of benzene rings is 2. The molecule has 2 aromatic carbocycles. The number of carbonyl (C=O) groups excluding carboxylic acids is 1. The van der Waals surface area contributed by atoms with Crippen LogP contribution in [0.5, 0.6) is 0 Å². The molecule has 0 saturated heterocycles. The molecule has 1 unspecified atom stereocenters. The van der Waals surface area contributed by atoms with E-state index in [2.05, 4.69) is 5.32 Å². The topological polar surface area (TPSA) is 76.5 Å². The van der Waals surface area contributed by atoms with Crippen LogP contribution in [0.4, 0.5) is 10.5 Å². The van der Waals surface area contributed by atoms with Crippen molar-refractivity contribution in [3.63, 3.8) is 0 Å². The maximum Gasteiger partial charge on any atom is 0.322 e. The third-order valence-corrected chi connectivity index (χ3v) is 5.36. The van der Waals surface area contributed by atoms with E-state index in [9.17, 15) is 9.59 Å². The number of aryl methyl sites for hydroxylation is 1. The molecule has 7 nitrogen and oxygen atoms in total. The Morgan fingerprint density at radius 3 is 2.61 bits per heavy atom. The number of carbonyl (C=O) groups is 1. The first-order valence-electron chi connectivity index (χ1n) is 10.6. The van der Waals surface area contributed by atoms with Crippen LogP contribution in [-0.2, 0) is 11.3 Å². The predicted octanol–water partition coefficient (Wildman–Crippen LogP) is 4.36. The second-order valence-electron chi connectivity index (χ2n) is 7.55. The molecule has 1 aromatic heterocycles. The van der Waals surface area contributed by atoms with Crippen LogP contribution in [0, 0.1) is 6.92 Å². The van der Waals surface area contributed by atoms with Gasteiger partial charge in [-0.15, -0.1) is 0 Å². The Labute approximate surface area is 182 Å². The van der Waals surface area contributed by atoms with E-state index in [0.717, 1.165) is 17.7 Å². The summed E-state index contributed by atoms with van der Waals surface area (Å²) in [6.07, 6.45) is 0.779. The van der Waals surface area contributed by atoms with E-state index in [1.165, 1.54) is 0 Å². The number of nitrogens with zero attached hydrogens (tertiary/aromatic N) is 3. The molecule has 1 atom stereocenters. The van der Waals surface area contributed by atoms with Gasteiger partial charge in [-0.25, -0.2) is 9.78 Å². The fraction of sp³-hybridized carbons (Fsp3) is 0.375. The number of anilines is 1. The number of hydrogen-bond donors (Lipinski definition) is 1. The summed E-state index contributed by atoms with van der Waals surface area (Å²) in [6, 6.07) is 14.3. The van der Waals surface area contributed by atoms with Crippen molar-refractivity contribution in [2.75, 3.05) is 25.6 Å². The van der Waals surface area contributed by atoms with Crippen LogP contribution in [0.15, 0.2) is 53.3 Å². The van der Waals surface area contributed by atoms with Gasteiger partial charge in [0.2, 0.25) is 0 Å². The molecule has 1 heterocycles. The predicted molar refractivity (Wildman–Crippen MR) is 123 cm³/mol. The summed E-state index contributed by atoms with van der Waals surface area (Å²) in [5, 5.41) is 3.56. The zero-order chi connectivity index (χ0) is 22.4. The van der Waals surface area contributed by atoms with Crippen molar-refractivity contribution in [3.8, 4) is 0 Å². The summed E-state index contributed by atoms with van der Waals surface area (Å²) in [7, 11) is 1.60. The summed E-state index contributed by atoms with van der Waals surface area (Å²) in [5.41, 5.74) is 2.25. The molecule has 1 N–H and O–H groups in total. The Hall–Kier alpha value is -3.19. The van der Waals surface area contributed by atoms with Crippen molar-refractivity contribution >= 4 is 22.6 Å². The molecule has 0 saturated carbocycles. The van der Waals surface area contributed by atoms with Crippen molar-refractivity contribution in [1.29, 1.82) is 0 Å². The van der Waals surface area contributed by atoms with Gasteiger partial charge in [-0.05, 0) is 44.0 Å². The highest BCUT2D eigenvalue weighted by atomic mass is 16.5. The zero-order valence-electron chi connectivity index (χ0n) is 18.6. The SMILES string of the molecule is CCCN(C(=O)Nc1ccccc1C)C(C)c1nc2ccccc2c(=O)n1CCOC. The monoisotopic (exact) mass is 422 g/mol. The lowest BCUT2D eigenvalue weighted by atomic mass is 10.2. The van der Waals surface area contributed by atoms with Crippen molar-refractivity contribution in [1.82, 2.24) is 14.5 Å². The smallest absolute Gasteiger partial charge is 0.322 e. The van der Waals surface area contributed by atoms with Crippen LogP contribution < -0.4 is 10.9 Å². The lowest BCUT2D eigenvalue weighted by Gasteiger charge is -2.30. The molecule has 3 rings (SSSR count). The minimum atomic E-state index is -0.405. The molecule has 0 aliphatic carbocycles. The average Bonchev–Trinajstić information content (AvgIpc) is 2.77. The molecule has 0 aliphatic heterocycles. The Balaban J connectivity index is 2.02. The molecule has 3 aromatic rings. The van der Waals surface area contributed by atoms with Crippen LogP contribution in [0.1, 0.15) is 37.7 Å². The maximum atomic E-state index is 13.2. The van der Waals surface area contributed by atoms with Gasteiger partial charge in [0.05, 0.1) is 30.1 Å². The number of fused-ring (bicyclic) bond motifs is 1. The Kier molecular flexibility index (Phi) is 7.41. The van der Waals surface area contributed by atoms with Gasteiger partial charge in [0.25, 0.3) is 5.56 Å². The summed E-state index contributed by atoms with van der Waals surface area (Å²) in [6.45, 7) is 7.16. The van der Waals surface area contributed by atoms with Crippen LogP contribution in [-0.4, -0.2) is 40.7 Å². The molecule has 0 fully saturated rings. The summed E-state index contributed by atoms with van der Waals surface area (Å²) < 4.78 is 6.84. The van der Waals surface area contributed by atoms with E-state index in [0.29, 0.717) is 36.4 Å². The van der Waals surface area contributed by atoms with Gasteiger partial charge in [0.15, 0.2) is 0 Å². The third-order valence-electron chi connectivity index (χ3n) is 5.36. The highest BCUT2D eigenvalue weighted by Gasteiger charge is 2.26. The van der Waals surface area contributed by atoms with Gasteiger partial charge in [0, 0.05) is 19.3 Å².